The molecule has 1 heterocycles. The molecule has 0 spiro atoms. The van der Waals surface area contributed by atoms with Crippen LogP contribution in [0.1, 0.15) is 45.7 Å². The van der Waals surface area contributed by atoms with Crippen LogP contribution in [-0.2, 0) is 24.4 Å². The Bertz CT molecular complexity index is 1380. The predicted molar refractivity (Wildman–Crippen MR) is 141 cm³/mol. The zero-order chi connectivity index (χ0) is 26.5. The van der Waals surface area contributed by atoms with Gasteiger partial charge in [-0.05, 0) is 97.8 Å². The Morgan fingerprint density at radius 2 is 1.81 bits per heavy atom. The summed E-state index contributed by atoms with van der Waals surface area (Å²) in [6.07, 6.45) is 0.0788. The van der Waals surface area contributed by atoms with Crippen molar-refractivity contribution < 1.29 is 23.6 Å². The van der Waals surface area contributed by atoms with Gasteiger partial charge in [-0.1, -0.05) is 29.4 Å². The number of aryl methyl sites for hydroxylation is 5. The molecule has 1 aromatic heterocycles. The molecule has 0 radical (unpaired) electrons. The third-order valence-corrected chi connectivity index (χ3v) is 6.44. The van der Waals surface area contributed by atoms with E-state index in [1.807, 2.05) is 38.1 Å². The second kappa shape index (κ2) is 11.3. The first kappa shape index (κ1) is 25.9. The Kier molecular flexibility index (Phi) is 7.92. The Hall–Kier alpha value is -4.13. The van der Waals surface area contributed by atoms with Gasteiger partial charge in [0, 0.05) is 18.7 Å². The third kappa shape index (κ3) is 6.36. The number of carboxylic acid groups (broad SMARTS) is 1. The second-order valence-corrected chi connectivity index (χ2v) is 9.28. The molecule has 7 heteroatoms. The van der Waals surface area contributed by atoms with Gasteiger partial charge in [-0.15, -0.1) is 0 Å². The number of aromatic nitrogens is 1. The molecule has 3 aromatic carbocycles. The molecule has 2 N–H and O–H groups in total. The van der Waals surface area contributed by atoms with Crippen LogP contribution in [0, 0.1) is 33.5 Å². The van der Waals surface area contributed by atoms with Gasteiger partial charge < -0.3 is 19.7 Å². The number of carbonyl (C=O) groups is 1. The SMILES string of the molecule is Cc1cc(OCc2c(C)noc2C)cc(C)c1-c1cccc(CNc2ccc(CCC(=O)O)c(F)c2)c1. The van der Waals surface area contributed by atoms with Crippen LogP contribution >= 0.6 is 0 Å². The van der Waals surface area contributed by atoms with Crippen molar-refractivity contribution in [2.24, 2.45) is 0 Å². The summed E-state index contributed by atoms with van der Waals surface area (Å²) in [6.45, 7) is 8.87. The number of hydrogen-bond donors (Lipinski definition) is 2. The van der Waals surface area contributed by atoms with Crippen molar-refractivity contribution >= 4 is 11.7 Å². The smallest absolute Gasteiger partial charge is 0.303 e. The van der Waals surface area contributed by atoms with Crippen LogP contribution in [0.15, 0.2) is 59.1 Å². The summed E-state index contributed by atoms with van der Waals surface area (Å²) in [5, 5.41) is 16.1. The van der Waals surface area contributed by atoms with Crippen LogP contribution in [0.2, 0.25) is 0 Å². The normalized spacial score (nSPS) is 10.9. The standard InChI is InChI=1S/C30H31FN2O4/c1-18-12-26(36-17-27-20(3)33-37-21(27)4)13-19(2)30(18)24-7-5-6-22(14-24)16-32-25-10-8-23(28(31)15-25)9-11-29(34)35/h5-8,10,12-15,32H,9,11,16-17H2,1-4H3,(H,34,35). The average molecular weight is 503 g/mol. The summed E-state index contributed by atoms with van der Waals surface area (Å²) in [5.74, 6) is 0.226. The zero-order valence-electron chi connectivity index (χ0n) is 21.5. The quantitative estimate of drug-likeness (QED) is 0.245. The van der Waals surface area contributed by atoms with Crippen LogP contribution < -0.4 is 10.1 Å². The van der Waals surface area contributed by atoms with Crippen molar-refractivity contribution in [2.75, 3.05) is 5.32 Å². The number of benzene rings is 3. The summed E-state index contributed by atoms with van der Waals surface area (Å²) in [6, 6.07) is 17.2. The lowest BCUT2D eigenvalue weighted by Crippen LogP contribution is -2.03. The molecule has 0 bridgehead atoms. The van der Waals surface area contributed by atoms with Crippen molar-refractivity contribution in [3.8, 4) is 16.9 Å². The van der Waals surface area contributed by atoms with Crippen LogP contribution in [0.3, 0.4) is 0 Å². The number of aliphatic carboxylic acids is 1. The van der Waals surface area contributed by atoms with Crippen molar-refractivity contribution in [2.45, 2.75) is 53.7 Å². The van der Waals surface area contributed by atoms with E-state index in [-0.39, 0.29) is 12.8 Å². The lowest BCUT2D eigenvalue weighted by molar-refractivity contribution is -0.136. The number of rotatable bonds is 10. The molecule has 0 saturated carbocycles. The van der Waals surface area contributed by atoms with Gasteiger partial charge in [-0.25, -0.2) is 4.39 Å². The Labute approximate surface area is 216 Å². The van der Waals surface area contributed by atoms with Crippen LogP contribution in [-0.4, -0.2) is 16.2 Å². The molecule has 37 heavy (non-hydrogen) atoms. The molecule has 0 aliphatic carbocycles. The number of anilines is 1. The number of nitrogens with one attached hydrogen (secondary N) is 1. The minimum absolute atomic E-state index is 0.0936. The summed E-state index contributed by atoms with van der Waals surface area (Å²) in [5.41, 5.74) is 8.39. The van der Waals surface area contributed by atoms with Crippen molar-refractivity contribution in [1.29, 1.82) is 0 Å². The highest BCUT2D eigenvalue weighted by atomic mass is 19.1. The topological polar surface area (TPSA) is 84.6 Å². The maximum absolute atomic E-state index is 14.4. The first-order valence-electron chi connectivity index (χ1n) is 12.2. The van der Waals surface area contributed by atoms with E-state index in [0.29, 0.717) is 24.4 Å². The van der Waals surface area contributed by atoms with Gasteiger partial charge in [0.05, 0.1) is 11.3 Å². The molecule has 0 atom stereocenters. The monoisotopic (exact) mass is 502 g/mol. The van der Waals surface area contributed by atoms with Gasteiger partial charge in [-0.3, -0.25) is 4.79 Å². The van der Waals surface area contributed by atoms with Gasteiger partial charge in [0.2, 0.25) is 0 Å². The van der Waals surface area contributed by atoms with E-state index in [9.17, 15) is 9.18 Å². The average Bonchev–Trinajstić information content (AvgIpc) is 3.17. The molecular formula is C30H31FN2O4. The summed E-state index contributed by atoms with van der Waals surface area (Å²) in [7, 11) is 0. The van der Waals surface area contributed by atoms with Crippen LogP contribution in [0.4, 0.5) is 10.1 Å². The van der Waals surface area contributed by atoms with E-state index in [2.05, 4.69) is 36.5 Å². The van der Waals surface area contributed by atoms with Gasteiger partial charge in [0.1, 0.15) is 23.9 Å². The fourth-order valence-corrected chi connectivity index (χ4v) is 4.47. The molecule has 192 valence electrons. The second-order valence-electron chi connectivity index (χ2n) is 9.28. The summed E-state index contributed by atoms with van der Waals surface area (Å²) < 4.78 is 25.6. The Balaban J connectivity index is 1.45. The minimum atomic E-state index is -0.939. The van der Waals surface area contributed by atoms with E-state index in [4.69, 9.17) is 14.4 Å². The highest BCUT2D eigenvalue weighted by molar-refractivity contribution is 5.72. The fourth-order valence-electron chi connectivity index (χ4n) is 4.47. The molecular weight excluding hydrogens is 471 g/mol. The number of halogens is 1. The van der Waals surface area contributed by atoms with E-state index < -0.39 is 11.8 Å². The van der Waals surface area contributed by atoms with Gasteiger partial charge >= 0.3 is 5.97 Å². The van der Waals surface area contributed by atoms with Crippen molar-refractivity contribution in [3.05, 3.63) is 99.7 Å². The molecule has 0 fully saturated rings. The summed E-state index contributed by atoms with van der Waals surface area (Å²) in [4.78, 5) is 10.7. The Morgan fingerprint density at radius 1 is 1.05 bits per heavy atom. The zero-order valence-corrected chi connectivity index (χ0v) is 21.5. The minimum Gasteiger partial charge on any atom is -0.489 e. The first-order chi connectivity index (χ1) is 17.7. The van der Waals surface area contributed by atoms with E-state index in [1.165, 1.54) is 6.07 Å². The lowest BCUT2D eigenvalue weighted by Gasteiger charge is -2.15. The van der Waals surface area contributed by atoms with Gasteiger partial charge in [0.25, 0.3) is 0 Å². The number of nitrogens with zero attached hydrogens (tertiary/aromatic N) is 1. The Morgan fingerprint density at radius 3 is 2.46 bits per heavy atom. The third-order valence-electron chi connectivity index (χ3n) is 6.44. The number of carboxylic acids is 1. The number of hydrogen-bond acceptors (Lipinski definition) is 5. The number of ether oxygens (including phenoxy) is 1. The first-order valence-corrected chi connectivity index (χ1v) is 12.2. The van der Waals surface area contributed by atoms with E-state index in [0.717, 1.165) is 50.6 Å². The molecule has 0 aliphatic heterocycles. The molecule has 4 aromatic rings. The summed E-state index contributed by atoms with van der Waals surface area (Å²) >= 11 is 0. The maximum Gasteiger partial charge on any atom is 0.303 e. The highest BCUT2D eigenvalue weighted by Crippen LogP contribution is 2.32. The van der Waals surface area contributed by atoms with E-state index in [1.54, 1.807) is 12.1 Å². The maximum atomic E-state index is 14.4. The van der Waals surface area contributed by atoms with Crippen LogP contribution in [0.5, 0.6) is 5.75 Å². The van der Waals surface area contributed by atoms with E-state index >= 15 is 0 Å². The van der Waals surface area contributed by atoms with Crippen molar-refractivity contribution in [1.82, 2.24) is 5.16 Å². The molecule has 0 unspecified atom stereocenters. The molecule has 4 rings (SSSR count). The lowest BCUT2D eigenvalue weighted by atomic mass is 9.94. The molecule has 0 saturated heterocycles. The molecule has 0 amide bonds. The largest absolute Gasteiger partial charge is 0.489 e. The van der Waals surface area contributed by atoms with Gasteiger partial charge in [0.15, 0.2) is 0 Å². The highest BCUT2D eigenvalue weighted by Gasteiger charge is 2.13. The van der Waals surface area contributed by atoms with Gasteiger partial charge in [-0.2, -0.15) is 0 Å². The molecule has 0 aliphatic rings. The van der Waals surface area contributed by atoms with Crippen LogP contribution in [0.25, 0.3) is 11.1 Å². The van der Waals surface area contributed by atoms with Crippen molar-refractivity contribution in [3.63, 3.8) is 0 Å². The fraction of sp³-hybridized carbons (Fsp3) is 0.267. The predicted octanol–water partition coefficient (Wildman–Crippen LogP) is 6.92. The molecule has 6 nitrogen and oxygen atoms in total.